The maximum atomic E-state index is 12.8. The van der Waals surface area contributed by atoms with Gasteiger partial charge >= 0.3 is 6.18 Å². The first kappa shape index (κ1) is 21.3. The lowest BCUT2D eigenvalue weighted by atomic mass is 9.93. The van der Waals surface area contributed by atoms with Crippen LogP contribution in [0.5, 0.6) is 0 Å². The summed E-state index contributed by atoms with van der Waals surface area (Å²) < 4.78 is 66.0. The Hall–Kier alpha value is -2.45. The molecule has 3 N–H and O–H groups in total. The number of benzene rings is 2. The Morgan fingerprint density at radius 3 is 2.14 bits per heavy atom. The SMILES string of the molecule is N#Cc1ccc(S(=O)(=O)NC2C(c3ccc(C(F)(F)F)cc3)CC(O)C2O)cc1. The van der Waals surface area contributed by atoms with Crippen LogP contribution in [0.25, 0.3) is 0 Å². The first-order valence-electron chi connectivity index (χ1n) is 8.59. The van der Waals surface area contributed by atoms with Crippen LogP contribution in [0, 0.1) is 11.3 Å². The Kier molecular flexibility index (Phi) is 5.69. The zero-order valence-corrected chi connectivity index (χ0v) is 15.7. The number of nitriles is 1. The van der Waals surface area contributed by atoms with Crippen LogP contribution in [0.3, 0.4) is 0 Å². The van der Waals surface area contributed by atoms with E-state index in [2.05, 4.69) is 4.72 Å². The third-order valence-corrected chi connectivity index (χ3v) is 6.42. The fraction of sp³-hybridized carbons (Fsp3) is 0.316. The van der Waals surface area contributed by atoms with Crippen molar-refractivity contribution in [1.29, 1.82) is 5.26 Å². The topological polar surface area (TPSA) is 110 Å². The van der Waals surface area contributed by atoms with Crippen molar-refractivity contribution in [1.82, 2.24) is 4.72 Å². The number of sulfonamides is 1. The molecule has 0 saturated heterocycles. The standard InChI is InChI=1S/C19H17F3N2O4S/c20-19(21,22)13-5-3-12(4-6-13)15-9-16(25)18(26)17(15)24-29(27,28)14-7-1-11(10-23)2-8-14/h1-8,15-18,24-26H,9H2. The van der Waals surface area contributed by atoms with E-state index in [0.717, 1.165) is 12.1 Å². The Labute approximate surface area is 165 Å². The number of aliphatic hydroxyl groups excluding tert-OH is 2. The second-order valence-electron chi connectivity index (χ2n) is 6.80. The monoisotopic (exact) mass is 426 g/mol. The number of halogens is 3. The quantitative estimate of drug-likeness (QED) is 0.694. The Morgan fingerprint density at radius 1 is 1.03 bits per heavy atom. The third kappa shape index (κ3) is 4.43. The van der Waals surface area contributed by atoms with Gasteiger partial charge in [0, 0.05) is 5.92 Å². The molecule has 4 unspecified atom stereocenters. The van der Waals surface area contributed by atoms with Crippen LogP contribution in [0.4, 0.5) is 13.2 Å². The van der Waals surface area contributed by atoms with E-state index in [1.54, 1.807) is 0 Å². The molecule has 2 aromatic rings. The van der Waals surface area contributed by atoms with E-state index in [0.29, 0.717) is 5.56 Å². The Morgan fingerprint density at radius 2 is 1.62 bits per heavy atom. The number of hydrogen-bond acceptors (Lipinski definition) is 5. The van der Waals surface area contributed by atoms with Crippen molar-refractivity contribution in [2.24, 2.45) is 0 Å². The molecule has 0 amide bonds. The molecule has 0 bridgehead atoms. The van der Waals surface area contributed by atoms with Crippen LogP contribution in [-0.4, -0.2) is 36.9 Å². The first-order valence-corrected chi connectivity index (χ1v) is 10.1. The van der Waals surface area contributed by atoms with Crippen LogP contribution in [0.2, 0.25) is 0 Å². The summed E-state index contributed by atoms with van der Waals surface area (Å²) in [4.78, 5) is -0.142. The zero-order valence-electron chi connectivity index (χ0n) is 14.8. The second kappa shape index (κ2) is 7.76. The first-order chi connectivity index (χ1) is 13.5. The highest BCUT2D eigenvalue weighted by Crippen LogP contribution is 2.37. The number of aliphatic hydroxyl groups is 2. The van der Waals surface area contributed by atoms with E-state index < -0.39 is 45.9 Å². The smallest absolute Gasteiger partial charge is 0.390 e. The minimum atomic E-state index is -4.51. The second-order valence-corrected chi connectivity index (χ2v) is 8.52. The molecule has 1 fully saturated rings. The van der Waals surface area contributed by atoms with Gasteiger partial charge in [0.25, 0.3) is 0 Å². The molecular formula is C19H17F3N2O4S. The zero-order chi connectivity index (χ0) is 21.4. The molecule has 0 aliphatic heterocycles. The van der Waals surface area contributed by atoms with Crippen molar-refractivity contribution in [3.63, 3.8) is 0 Å². The summed E-state index contributed by atoms with van der Waals surface area (Å²) in [7, 11) is -4.11. The van der Waals surface area contributed by atoms with Crippen LogP contribution >= 0.6 is 0 Å². The molecule has 1 aliphatic rings. The fourth-order valence-corrected chi connectivity index (χ4v) is 4.69. The number of rotatable bonds is 4. The molecule has 0 radical (unpaired) electrons. The van der Waals surface area contributed by atoms with Crippen LogP contribution in [-0.2, 0) is 16.2 Å². The molecule has 0 aromatic heterocycles. The lowest BCUT2D eigenvalue weighted by Crippen LogP contribution is -2.45. The van der Waals surface area contributed by atoms with E-state index >= 15 is 0 Å². The van der Waals surface area contributed by atoms with Crippen molar-refractivity contribution in [2.75, 3.05) is 0 Å². The average Bonchev–Trinajstić information content (AvgIpc) is 2.95. The lowest BCUT2D eigenvalue weighted by molar-refractivity contribution is -0.137. The van der Waals surface area contributed by atoms with Gasteiger partial charge in [0.05, 0.1) is 40.3 Å². The van der Waals surface area contributed by atoms with Gasteiger partial charge in [-0.3, -0.25) is 0 Å². The van der Waals surface area contributed by atoms with Crippen LogP contribution in [0.15, 0.2) is 53.4 Å². The summed E-state index contributed by atoms with van der Waals surface area (Å²) in [6, 6.07) is 10.00. The highest BCUT2D eigenvalue weighted by Gasteiger charge is 2.44. The maximum absolute atomic E-state index is 12.8. The largest absolute Gasteiger partial charge is 0.416 e. The van der Waals surface area contributed by atoms with Gasteiger partial charge in [0.2, 0.25) is 10.0 Å². The summed E-state index contributed by atoms with van der Waals surface area (Å²) in [5.41, 5.74) is -0.223. The van der Waals surface area contributed by atoms with Crippen LogP contribution < -0.4 is 4.72 Å². The van der Waals surface area contributed by atoms with Crippen molar-refractivity contribution in [2.45, 2.75) is 41.7 Å². The molecule has 3 rings (SSSR count). The predicted molar refractivity (Wildman–Crippen MR) is 96.1 cm³/mol. The number of hydrogen-bond donors (Lipinski definition) is 3. The third-order valence-electron chi connectivity index (χ3n) is 4.94. The molecule has 29 heavy (non-hydrogen) atoms. The highest BCUT2D eigenvalue weighted by atomic mass is 32.2. The molecular weight excluding hydrogens is 409 g/mol. The minimum Gasteiger partial charge on any atom is -0.390 e. The number of nitrogens with one attached hydrogen (secondary N) is 1. The maximum Gasteiger partial charge on any atom is 0.416 e. The average molecular weight is 426 g/mol. The van der Waals surface area contributed by atoms with Gasteiger partial charge in [-0.05, 0) is 48.4 Å². The number of nitrogens with zero attached hydrogens (tertiary/aromatic N) is 1. The molecule has 6 nitrogen and oxygen atoms in total. The van der Waals surface area contributed by atoms with Gasteiger partial charge in [0.15, 0.2) is 0 Å². The van der Waals surface area contributed by atoms with E-state index in [9.17, 15) is 31.8 Å². The summed E-state index contributed by atoms with van der Waals surface area (Å²) in [6.45, 7) is 0. The molecule has 10 heteroatoms. The summed E-state index contributed by atoms with van der Waals surface area (Å²) in [5.74, 6) is -0.726. The van der Waals surface area contributed by atoms with E-state index in [-0.39, 0.29) is 16.9 Å². The van der Waals surface area contributed by atoms with Crippen molar-refractivity contribution in [3.8, 4) is 6.07 Å². The molecule has 0 spiro atoms. The normalized spacial score (nSPS) is 25.0. The van der Waals surface area contributed by atoms with Gasteiger partial charge in [-0.25, -0.2) is 13.1 Å². The Bertz CT molecular complexity index is 1020. The molecule has 0 heterocycles. The van der Waals surface area contributed by atoms with Crippen LogP contribution in [0.1, 0.15) is 29.0 Å². The predicted octanol–water partition coefficient (Wildman–Crippen LogP) is 2.13. The lowest BCUT2D eigenvalue weighted by Gasteiger charge is -2.24. The van der Waals surface area contributed by atoms with Gasteiger partial charge in [0.1, 0.15) is 0 Å². The molecule has 1 saturated carbocycles. The summed E-state index contributed by atoms with van der Waals surface area (Å²) in [5, 5.41) is 29.1. The highest BCUT2D eigenvalue weighted by molar-refractivity contribution is 7.89. The summed E-state index contributed by atoms with van der Waals surface area (Å²) in [6.07, 6.45) is -7.21. The molecule has 1 aliphatic carbocycles. The van der Waals surface area contributed by atoms with Gasteiger partial charge in [-0.15, -0.1) is 0 Å². The van der Waals surface area contributed by atoms with Crippen molar-refractivity contribution >= 4 is 10.0 Å². The fourth-order valence-electron chi connectivity index (χ4n) is 3.39. The molecule has 154 valence electrons. The van der Waals surface area contributed by atoms with Crippen molar-refractivity contribution in [3.05, 3.63) is 65.2 Å². The number of alkyl halides is 3. The van der Waals surface area contributed by atoms with Crippen molar-refractivity contribution < 1.29 is 31.8 Å². The molecule has 2 aromatic carbocycles. The summed E-state index contributed by atoms with van der Waals surface area (Å²) >= 11 is 0. The van der Waals surface area contributed by atoms with E-state index in [1.807, 2.05) is 6.07 Å². The van der Waals surface area contributed by atoms with Gasteiger partial charge < -0.3 is 10.2 Å². The Balaban J connectivity index is 1.88. The van der Waals surface area contributed by atoms with E-state index in [1.165, 1.54) is 36.4 Å². The van der Waals surface area contributed by atoms with Gasteiger partial charge in [-0.1, -0.05) is 12.1 Å². The minimum absolute atomic E-state index is 0.0207. The van der Waals surface area contributed by atoms with E-state index in [4.69, 9.17) is 5.26 Å². The van der Waals surface area contributed by atoms with Gasteiger partial charge in [-0.2, -0.15) is 18.4 Å². The molecule has 4 atom stereocenters.